The summed E-state index contributed by atoms with van der Waals surface area (Å²) in [5, 5.41) is 0.733. The maximum Gasteiger partial charge on any atom is 0.416 e. The van der Waals surface area contributed by atoms with Crippen LogP contribution in [0, 0.1) is 0 Å². The normalized spacial score (nSPS) is 14.9. The van der Waals surface area contributed by atoms with Gasteiger partial charge in [-0.05, 0) is 46.9 Å². The second-order valence-electron chi connectivity index (χ2n) is 9.24. The summed E-state index contributed by atoms with van der Waals surface area (Å²) in [6, 6.07) is 22.0. The minimum Gasteiger partial charge on any atom is -0.298 e. The molecule has 6 heteroatoms. The molecule has 0 aromatic heterocycles. The van der Waals surface area contributed by atoms with Gasteiger partial charge in [-0.3, -0.25) is 4.90 Å². The van der Waals surface area contributed by atoms with E-state index in [2.05, 4.69) is 43.0 Å². The molecular weight excluding hydrogens is 478 g/mol. The first kappa shape index (κ1) is 26.3. The summed E-state index contributed by atoms with van der Waals surface area (Å²) in [6.45, 7) is 6.76. The van der Waals surface area contributed by atoms with Crippen LogP contribution in [-0.4, -0.2) is 24.5 Å². The molecule has 1 aliphatic heterocycles. The fourth-order valence-corrected chi connectivity index (χ4v) is 4.74. The van der Waals surface area contributed by atoms with Crippen molar-refractivity contribution in [2.45, 2.75) is 31.9 Å². The lowest BCUT2D eigenvalue weighted by Gasteiger charge is -2.35. The zero-order valence-corrected chi connectivity index (χ0v) is 20.8. The molecule has 3 aromatic rings. The van der Waals surface area contributed by atoms with Crippen molar-refractivity contribution in [1.29, 1.82) is 0 Å². The molecule has 0 saturated carbocycles. The van der Waals surface area contributed by atoms with E-state index in [1.807, 2.05) is 30.3 Å². The van der Waals surface area contributed by atoms with Crippen LogP contribution in [0.1, 0.15) is 37.0 Å². The second kappa shape index (κ2) is 10.6. The predicted octanol–water partition coefficient (Wildman–Crippen LogP) is 8.51. The van der Waals surface area contributed by atoms with Crippen molar-refractivity contribution in [3.63, 3.8) is 0 Å². The molecule has 1 heterocycles. The van der Waals surface area contributed by atoms with Crippen LogP contribution in [0.5, 0.6) is 0 Å². The van der Waals surface area contributed by atoms with Gasteiger partial charge < -0.3 is 0 Å². The van der Waals surface area contributed by atoms with Gasteiger partial charge in [-0.2, -0.15) is 13.2 Å². The fraction of sp³-hybridized carbons (Fsp3) is 0.286. The van der Waals surface area contributed by atoms with E-state index in [0.29, 0.717) is 12.1 Å². The summed E-state index contributed by atoms with van der Waals surface area (Å²) in [6.07, 6.45) is -1.54. The molecule has 0 atom stereocenters. The first-order chi connectivity index (χ1) is 15.6. The van der Waals surface area contributed by atoms with Gasteiger partial charge in [0, 0.05) is 35.6 Å². The summed E-state index contributed by atoms with van der Waals surface area (Å²) in [4.78, 5) is 2.34. The van der Waals surface area contributed by atoms with Gasteiger partial charge in [0.2, 0.25) is 0 Å². The molecule has 180 valence electrons. The number of benzene rings is 3. The van der Waals surface area contributed by atoms with Crippen LogP contribution in [0.3, 0.4) is 0 Å². The molecule has 34 heavy (non-hydrogen) atoms. The molecule has 0 bridgehead atoms. The summed E-state index contributed by atoms with van der Waals surface area (Å²) in [5.41, 5.74) is 4.19. The first-order valence-corrected chi connectivity index (χ1v) is 11.5. The SMILES string of the molecule is CC(C)(CN1CC=C(c2cccc(C(F)(F)F)c2)CC1)c1ccc(-c2ccccc2)c(Cl)c1.Cl. The summed E-state index contributed by atoms with van der Waals surface area (Å²) in [7, 11) is 0. The number of rotatable bonds is 5. The van der Waals surface area contributed by atoms with Crippen LogP contribution in [0.25, 0.3) is 16.7 Å². The highest BCUT2D eigenvalue weighted by atomic mass is 35.5. The Bertz CT molecular complexity index is 1150. The van der Waals surface area contributed by atoms with E-state index in [1.54, 1.807) is 6.07 Å². The monoisotopic (exact) mass is 505 g/mol. The highest BCUT2D eigenvalue weighted by molar-refractivity contribution is 6.33. The number of hydrogen-bond acceptors (Lipinski definition) is 1. The Morgan fingerprint density at radius 1 is 0.853 bits per heavy atom. The van der Waals surface area contributed by atoms with Gasteiger partial charge in [0.05, 0.1) is 5.56 Å². The highest BCUT2D eigenvalue weighted by Crippen LogP contribution is 2.35. The van der Waals surface area contributed by atoms with Gasteiger partial charge in [0.1, 0.15) is 0 Å². The Hall–Kier alpha value is -2.27. The smallest absolute Gasteiger partial charge is 0.298 e. The van der Waals surface area contributed by atoms with Crippen LogP contribution in [0.4, 0.5) is 13.2 Å². The maximum absolute atomic E-state index is 13.1. The summed E-state index contributed by atoms with van der Waals surface area (Å²) in [5.74, 6) is 0. The van der Waals surface area contributed by atoms with Gasteiger partial charge in [0.15, 0.2) is 0 Å². The lowest BCUT2D eigenvalue weighted by atomic mass is 9.83. The van der Waals surface area contributed by atoms with Crippen molar-refractivity contribution in [1.82, 2.24) is 4.90 Å². The molecule has 0 fully saturated rings. The van der Waals surface area contributed by atoms with Crippen molar-refractivity contribution in [2.24, 2.45) is 0 Å². The van der Waals surface area contributed by atoms with Crippen LogP contribution < -0.4 is 0 Å². The molecule has 0 amide bonds. The number of halogens is 5. The van der Waals surface area contributed by atoms with Crippen molar-refractivity contribution < 1.29 is 13.2 Å². The van der Waals surface area contributed by atoms with Gasteiger partial charge in [-0.1, -0.05) is 86.1 Å². The molecule has 4 rings (SSSR count). The van der Waals surface area contributed by atoms with E-state index in [-0.39, 0.29) is 17.8 Å². The Morgan fingerprint density at radius 2 is 1.56 bits per heavy atom. The topological polar surface area (TPSA) is 3.24 Å². The summed E-state index contributed by atoms with van der Waals surface area (Å²) < 4.78 is 39.2. The van der Waals surface area contributed by atoms with Gasteiger partial charge >= 0.3 is 6.18 Å². The van der Waals surface area contributed by atoms with E-state index in [0.717, 1.165) is 47.3 Å². The average molecular weight is 506 g/mol. The molecular formula is C28H28Cl2F3N. The molecule has 0 N–H and O–H groups in total. The lowest BCUT2D eigenvalue weighted by molar-refractivity contribution is -0.137. The van der Waals surface area contributed by atoms with Gasteiger partial charge in [0.25, 0.3) is 0 Å². The third-order valence-electron chi connectivity index (χ3n) is 6.31. The Labute approximate surface area is 210 Å². The van der Waals surface area contributed by atoms with E-state index in [4.69, 9.17) is 11.6 Å². The van der Waals surface area contributed by atoms with Crippen molar-refractivity contribution >= 4 is 29.6 Å². The molecule has 1 aliphatic rings. The second-order valence-corrected chi connectivity index (χ2v) is 9.64. The first-order valence-electron chi connectivity index (χ1n) is 11.1. The van der Waals surface area contributed by atoms with E-state index in [1.165, 1.54) is 17.7 Å². The van der Waals surface area contributed by atoms with E-state index < -0.39 is 11.7 Å². The Morgan fingerprint density at radius 3 is 2.18 bits per heavy atom. The Balaban J connectivity index is 0.00000324. The van der Waals surface area contributed by atoms with Gasteiger partial charge in [-0.25, -0.2) is 0 Å². The third kappa shape index (κ3) is 6.04. The van der Waals surface area contributed by atoms with Gasteiger partial charge in [-0.15, -0.1) is 12.4 Å². The van der Waals surface area contributed by atoms with Crippen LogP contribution >= 0.6 is 24.0 Å². The number of nitrogens with zero attached hydrogens (tertiary/aromatic N) is 1. The quantitative estimate of drug-likeness (QED) is 0.335. The zero-order valence-electron chi connectivity index (χ0n) is 19.2. The zero-order chi connectivity index (χ0) is 23.6. The lowest BCUT2D eigenvalue weighted by Crippen LogP contribution is -2.39. The largest absolute Gasteiger partial charge is 0.416 e. The standard InChI is InChI=1S/C28H27ClF3N.ClH/c1-27(2,23-11-12-25(26(29)18-23)21-7-4-3-5-8-21)19-33-15-13-20(14-16-33)22-9-6-10-24(17-22)28(30,31)32;/h3-13,17-18H,14-16,19H2,1-2H3;1H. The molecule has 0 spiro atoms. The van der Waals surface area contributed by atoms with Crippen molar-refractivity contribution in [3.8, 4) is 11.1 Å². The minimum absolute atomic E-state index is 0. The molecule has 3 aromatic carbocycles. The number of hydrogen-bond donors (Lipinski definition) is 0. The van der Waals surface area contributed by atoms with E-state index >= 15 is 0 Å². The molecule has 0 saturated heterocycles. The van der Waals surface area contributed by atoms with Crippen LogP contribution in [0.15, 0.2) is 78.9 Å². The van der Waals surface area contributed by atoms with Crippen molar-refractivity contribution in [3.05, 3.63) is 101 Å². The molecule has 1 nitrogen and oxygen atoms in total. The van der Waals surface area contributed by atoms with E-state index in [9.17, 15) is 13.2 Å². The van der Waals surface area contributed by atoms with Crippen LogP contribution in [-0.2, 0) is 11.6 Å². The maximum atomic E-state index is 13.1. The molecule has 0 radical (unpaired) electrons. The third-order valence-corrected chi connectivity index (χ3v) is 6.62. The summed E-state index contributed by atoms with van der Waals surface area (Å²) >= 11 is 6.64. The predicted molar refractivity (Wildman–Crippen MR) is 138 cm³/mol. The average Bonchev–Trinajstić information content (AvgIpc) is 2.79. The fourth-order valence-electron chi connectivity index (χ4n) is 4.45. The minimum atomic E-state index is -4.32. The van der Waals surface area contributed by atoms with Crippen molar-refractivity contribution in [2.75, 3.05) is 19.6 Å². The van der Waals surface area contributed by atoms with Crippen LogP contribution in [0.2, 0.25) is 5.02 Å². The number of alkyl halides is 3. The highest BCUT2D eigenvalue weighted by Gasteiger charge is 2.31. The molecule has 0 unspecified atom stereocenters. The molecule has 0 aliphatic carbocycles. The Kier molecular flexibility index (Phi) is 8.18.